The summed E-state index contributed by atoms with van der Waals surface area (Å²) < 4.78 is 19.5. The number of methoxy groups -OCH3 is 1. The molecule has 0 N–H and O–H groups in total. The average Bonchev–Trinajstić information content (AvgIpc) is 2.82. The van der Waals surface area contributed by atoms with Crippen LogP contribution in [0.2, 0.25) is 0 Å². The summed E-state index contributed by atoms with van der Waals surface area (Å²) >= 11 is 2.20. The zero-order valence-electron chi connectivity index (χ0n) is 21.3. The summed E-state index contributed by atoms with van der Waals surface area (Å²) in [6.07, 6.45) is 1.06. The first-order chi connectivity index (χ1) is 17.0. The zero-order valence-corrected chi connectivity index (χ0v) is 23.5. The van der Waals surface area contributed by atoms with Crippen molar-refractivity contribution < 1.29 is 19.0 Å². The Kier molecular flexibility index (Phi) is 7.77. The molecule has 1 amide bonds. The van der Waals surface area contributed by atoms with Crippen LogP contribution in [0.4, 0.5) is 4.79 Å². The van der Waals surface area contributed by atoms with Gasteiger partial charge in [-0.25, -0.2) is 9.78 Å². The number of hydrogen-bond acceptors (Lipinski definition) is 6. The third-order valence-corrected chi connectivity index (χ3v) is 6.90. The number of nitrogens with zero attached hydrogens (tertiary/aromatic N) is 3. The van der Waals surface area contributed by atoms with Crippen molar-refractivity contribution in [2.45, 2.75) is 58.8 Å². The molecular weight excluding hydrogens is 573 g/mol. The van der Waals surface area contributed by atoms with Gasteiger partial charge in [-0.3, -0.25) is 9.36 Å². The number of aryl methyl sites for hydroxylation is 1. The molecule has 9 heteroatoms. The van der Waals surface area contributed by atoms with Gasteiger partial charge >= 0.3 is 6.09 Å². The topological polar surface area (TPSA) is 82.9 Å². The van der Waals surface area contributed by atoms with Crippen LogP contribution in [0.25, 0.3) is 10.9 Å². The molecule has 1 aliphatic heterocycles. The van der Waals surface area contributed by atoms with Crippen molar-refractivity contribution in [2.75, 3.05) is 20.2 Å². The molecule has 0 aliphatic carbocycles. The number of benzene rings is 2. The summed E-state index contributed by atoms with van der Waals surface area (Å²) in [5.41, 5.74) is 1.05. The number of halogens is 1. The van der Waals surface area contributed by atoms with Crippen molar-refractivity contribution in [3.63, 3.8) is 0 Å². The van der Waals surface area contributed by atoms with Crippen LogP contribution in [0, 0.1) is 10.5 Å². The van der Waals surface area contributed by atoms with Crippen LogP contribution >= 0.6 is 22.6 Å². The highest BCUT2D eigenvalue weighted by molar-refractivity contribution is 14.1. The molecule has 0 saturated carbocycles. The summed E-state index contributed by atoms with van der Waals surface area (Å²) in [5.74, 6) is 2.07. The number of aromatic nitrogens is 2. The molecule has 0 unspecified atom stereocenters. The fraction of sp³-hybridized carbons (Fsp3) is 0.444. The monoisotopic (exact) mass is 605 g/mol. The average molecular weight is 605 g/mol. The number of rotatable bonds is 5. The van der Waals surface area contributed by atoms with E-state index in [1.165, 1.54) is 0 Å². The van der Waals surface area contributed by atoms with E-state index in [1.54, 1.807) is 22.6 Å². The second-order valence-electron chi connectivity index (χ2n) is 9.98. The van der Waals surface area contributed by atoms with E-state index >= 15 is 0 Å². The second kappa shape index (κ2) is 10.7. The molecule has 0 bridgehead atoms. The second-order valence-corrected chi connectivity index (χ2v) is 11.1. The van der Waals surface area contributed by atoms with Gasteiger partial charge in [0.1, 0.15) is 29.0 Å². The number of amides is 1. The van der Waals surface area contributed by atoms with Crippen LogP contribution in [0.5, 0.6) is 11.5 Å². The van der Waals surface area contributed by atoms with Gasteiger partial charge in [-0.15, -0.1) is 0 Å². The lowest BCUT2D eigenvalue weighted by Gasteiger charge is -2.33. The number of carbonyl (C=O) groups is 1. The van der Waals surface area contributed by atoms with E-state index in [0.717, 1.165) is 14.9 Å². The minimum atomic E-state index is -0.515. The van der Waals surface area contributed by atoms with Gasteiger partial charge in [0.2, 0.25) is 0 Å². The number of carbonyl (C=O) groups excluding carboxylic acids is 1. The Bertz CT molecular complexity index is 1310. The van der Waals surface area contributed by atoms with Crippen molar-refractivity contribution in [1.29, 1.82) is 0 Å². The van der Waals surface area contributed by atoms with E-state index in [9.17, 15) is 9.59 Å². The number of likely N-dealkylation sites (tertiary alicyclic amines) is 1. The number of ether oxygens (including phenoxy) is 3. The maximum absolute atomic E-state index is 13.5. The van der Waals surface area contributed by atoms with Crippen molar-refractivity contribution >= 4 is 39.6 Å². The van der Waals surface area contributed by atoms with Crippen LogP contribution in [0.15, 0.2) is 41.2 Å². The van der Waals surface area contributed by atoms with Crippen molar-refractivity contribution in [3.05, 3.63) is 61.7 Å². The predicted molar refractivity (Wildman–Crippen MR) is 147 cm³/mol. The van der Waals surface area contributed by atoms with Gasteiger partial charge < -0.3 is 19.1 Å². The Morgan fingerprint density at radius 1 is 1.11 bits per heavy atom. The van der Waals surface area contributed by atoms with Gasteiger partial charge in [-0.05, 0) is 80.1 Å². The molecule has 3 aromatic rings. The summed E-state index contributed by atoms with van der Waals surface area (Å²) in [6.45, 7) is 9.00. The molecule has 4 rings (SSSR count). The van der Waals surface area contributed by atoms with Crippen LogP contribution in [0.3, 0.4) is 0 Å². The molecule has 1 aliphatic rings. The summed E-state index contributed by atoms with van der Waals surface area (Å²) in [4.78, 5) is 32.3. The molecule has 1 aromatic heterocycles. The SMILES string of the molecule is COc1ccc(Cn2c(C)nc3c(I)cc(OC4CCN(C(=O)OC(C)(C)C)CC4)cc3c2=O)cc1. The Morgan fingerprint density at radius 2 is 1.78 bits per heavy atom. The number of hydrogen-bond donors (Lipinski definition) is 0. The first kappa shape index (κ1) is 26.2. The molecular formula is C27H32IN3O5. The fourth-order valence-corrected chi connectivity index (χ4v) is 4.93. The highest BCUT2D eigenvalue weighted by Crippen LogP contribution is 2.27. The van der Waals surface area contributed by atoms with Crippen LogP contribution < -0.4 is 15.0 Å². The summed E-state index contributed by atoms with van der Waals surface area (Å²) in [6, 6.07) is 11.4. The smallest absolute Gasteiger partial charge is 0.410 e. The van der Waals surface area contributed by atoms with E-state index < -0.39 is 5.60 Å². The molecule has 0 atom stereocenters. The fourth-order valence-electron chi connectivity index (χ4n) is 4.21. The largest absolute Gasteiger partial charge is 0.497 e. The van der Waals surface area contributed by atoms with Crippen LogP contribution in [-0.4, -0.2) is 52.4 Å². The number of piperidine rings is 1. The summed E-state index contributed by atoms with van der Waals surface area (Å²) in [7, 11) is 1.63. The van der Waals surface area contributed by atoms with Crippen LogP contribution in [0.1, 0.15) is 45.0 Å². The minimum absolute atomic E-state index is 0.0446. The highest BCUT2D eigenvalue weighted by atomic mass is 127. The molecule has 0 radical (unpaired) electrons. The molecule has 192 valence electrons. The lowest BCUT2D eigenvalue weighted by atomic mass is 10.1. The van der Waals surface area contributed by atoms with Gasteiger partial charge in [0, 0.05) is 29.5 Å². The van der Waals surface area contributed by atoms with E-state index in [1.807, 2.05) is 58.0 Å². The first-order valence-corrected chi connectivity index (χ1v) is 13.1. The molecule has 0 spiro atoms. The van der Waals surface area contributed by atoms with Crippen molar-refractivity contribution in [1.82, 2.24) is 14.5 Å². The standard InChI is InChI=1S/C27H32IN3O5/c1-17-29-24-22(25(32)31(17)16-18-6-8-19(34-5)9-7-18)14-21(15-23(24)28)35-20-10-12-30(13-11-20)26(33)36-27(2,3)4/h6-9,14-15,20H,10-13,16H2,1-5H3. The lowest BCUT2D eigenvalue weighted by molar-refractivity contribution is 0.0126. The molecule has 2 heterocycles. The van der Waals surface area contributed by atoms with Crippen molar-refractivity contribution in [2.24, 2.45) is 0 Å². The number of fused-ring (bicyclic) bond motifs is 1. The third-order valence-electron chi connectivity index (χ3n) is 6.07. The van der Waals surface area contributed by atoms with Crippen molar-refractivity contribution in [3.8, 4) is 11.5 Å². The molecule has 2 aromatic carbocycles. The van der Waals surface area contributed by atoms with Gasteiger partial charge in [-0.1, -0.05) is 12.1 Å². The molecule has 1 fully saturated rings. The summed E-state index contributed by atoms with van der Waals surface area (Å²) in [5, 5.41) is 0.530. The molecule has 36 heavy (non-hydrogen) atoms. The van der Waals surface area contributed by atoms with E-state index in [4.69, 9.17) is 19.2 Å². The lowest BCUT2D eigenvalue weighted by Crippen LogP contribution is -2.44. The van der Waals surface area contributed by atoms with E-state index in [0.29, 0.717) is 55.0 Å². The van der Waals surface area contributed by atoms with Gasteiger partial charge in [0.15, 0.2) is 0 Å². The Morgan fingerprint density at radius 3 is 2.39 bits per heavy atom. The highest BCUT2D eigenvalue weighted by Gasteiger charge is 2.28. The Labute approximate surface area is 224 Å². The quantitative estimate of drug-likeness (QED) is 0.375. The third kappa shape index (κ3) is 6.11. The molecule has 8 nitrogen and oxygen atoms in total. The first-order valence-electron chi connectivity index (χ1n) is 12.0. The van der Waals surface area contributed by atoms with E-state index in [-0.39, 0.29) is 17.8 Å². The normalized spacial score (nSPS) is 14.7. The zero-order chi connectivity index (χ0) is 26.0. The van der Waals surface area contributed by atoms with Gasteiger partial charge in [0.05, 0.1) is 24.6 Å². The van der Waals surface area contributed by atoms with Crippen LogP contribution in [-0.2, 0) is 11.3 Å². The maximum atomic E-state index is 13.5. The molecule has 1 saturated heterocycles. The van der Waals surface area contributed by atoms with Gasteiger partial charge in [0.25, 0.3) is 5.56 Å². The Hall–Kier alpha value is -2.82. The minimum Gasteiger partial charge on any atom is -0.497 e. The van der Waals surface area contributed by atoms with E-state index in [2.05, 4.69) is 22.6 Å². The Balaban J connectivity index is 1.52. The predicted octanol–water partition coefficient (Wildman–Crippen LogP) is 5.14. The maximum Gasteiger partial charge on any atom is 0.410 e. The van der Waals surface area contributed by atoms with Gasteiger partial charge in [-0.2, -0.15) is 0 Å².